The second-order valence-corrected chi connectivity index (χ2v) is 4.59. The molecule has 0 saturated carbocycles. The molecule has 0 amide bonds. The number of ether oxygens (including phenoxy) is 1. The predicted octanol–water partition coefficient (Wildman–Crippen LogP) is 2.47. The highest BCUT2D eigenvalue weighted by molar-refractivity contribution is 5.26. The summed E-state index contributed by atoms with van der Waals surface area (Å²) in [4.78, 5) is 2.30. The number of aryl methyl sites for hydroxylation is 1. The van der Waals surface area contributed by atoms with E-state index in [-0.39, 0.29) is 0 Å². The number of aliphatic hydroxyl groups excluding tert-OH is 1. The molecule has 1 atom stereocenters. The molecule has 1 rings (SSSR count). The molecular formula is C15H25NO2. The van der Waals surface area contributed by atoms with Crippen LogP contribution in [0.15, 0.2) is 24.3 Å². The van der Waals surface area contributed by atoms with Crippen molar-refractivity contribution >= 4 is 0 Å². The Hall–Kier alpha value is -1.06. The van der Waals surface area contributed by atoms with Gasteiger partial charge in [0.1, 0.15) is 12.4 Å². The average Bonchev–Trinajstić information content (AvgIpc) is 2.39. The topological polar surface area (TPSA) is 32.7 Å². The molecule has 1 aromatic carbocycles. The minimum atomic E-state index is -0.396. The molecule has 0 aliphatic carbocycles. The molecule has 1 aromatic rings. The van der Waals surface area contributed by atoms with E-state index in [4.69, 9.17) is 4.74 Å². The van der Waals surface area contributed by atoms with Crippen molar-refractivity contribution < 1.29 is 9.84 Å². The molecule has 0 bridgehead atoms. The van der Waals surface area contributed by atoms with Gasteiger partial charge in [-0.2, -0.15) is 0 Å². The standard InChI is InChI=1S/C15H25NO2/c1-4-16(5-2)11-10-14(17)12-18-15-8-6-13(3)7-9-15/h6-9,14,17H,4-5,10-12H2,1-3H3. The molecule has 3 nitrogen and oxygen atoms in total. The first-order chi connectivity index (χ1) is 8.65. The van der Waals surface area contributed by atoms with Crippen molar-refractivity contribution in [1.82, 2.24) is 4.90 Å². The van der Waals surface area contributed by atoms with Crippen LogP contribution in [0.5, 0.6) is 5.75 Å². The molecule has 1 N–H and O–H groups in total. The first-order valence-corrected chi connectivity index (χ1v) is 6.75. The summed E-state index contributed by atoms with van der Waals surface area (Å²) < 4.78 is 5.55. The molecule has 102 valence electrons. The maximum Gasteiger partial charge on any atom is 0.119 e. The first kappa shape index (κ1) is 15.0. The van der Waals surface area contributed by atoms with Crippen molar-refractivity contribution in [3.05, 3.63) is 29.8 Å². The van der Waals surface area contributed by atoms with Gasteiger partial charge >= 0.3 is 0 Å². The van der Waals surface area contributed by atoms with E-state index in [1.54, 1.807) is 0 Å². The van der Waals surface area contributed by atoms with E-state index in [9.17, 15) is 5.11 Å². The molecule has 0 aliphatic rings. The number of benzene rings is 1. The van der Waals surface area contributed by atoms with Gasteiger partial charge in [0.25, 0.3) is 0 Å². The zero-order valence-electron chi connectivity index (χ0n) is 11.7. The van der Waals surface area contributed by atoms with Gasteiger partial charge in [0.2, 0.25) is 0 Å². The zero-order valence-corrected chi connectivity index (χ0v) is 11.7. The van der Waals surface area contributed by atoms with Crippen LogP contribution in [0.2, 0.25) is 0 Å². The Morgan fingerprint density at radius 1 is 1.17 bits per heavy atom. The van der Waals surface area contributed by atoms with Gasteiger partial charge < -0.3 is 14.7 Å². The molecule has 0 saturated heterocycles. The minimum Gasteiger partial charge on any atom is -0.491 e. The van der Waals surface area contributed by atoms with Gasteiger partial charge in [-0.15, -0.1) is 0 Å². The van der Waals surface area contributed by atoms with Gasteiger partial charge in [0.05, 0.1) is 6.10 Å². The van der Waals surface area contributed by atoms with Crippen molar-refractivity contribution in [3.8, 4) is 5.75 Å². The van der Waals surface area contributed by atoms with E-state index < -0.39 is 6.10 Å². The van der Waals surface area contributed by atoms with Crippen molar-refractivity contribution in [2.45, 2.75) is 33.3 Å². The first-order valence-electron chi connectivity index (χ1n) is 6.75. The largest absolute Gasteiger partial charge is 0.491 e. The Balaban J connectivity index is 2.24. The molecule has 0 spiro atoms. The molecule has 3 heteroatoms. The van der Waals surface area contributed by atoms with E-state index >= 15 is 0 Å². The van der Waals surface area contributed by atoms with Gasteiger partial charge in [-0.1, -0.05) is 31.5 Å². The number of nitrogens with zero attached hydrogens (tertiary/aromatic N) is 1. The number of rotatable bonds is 8. The molecule has 0 aliphatic heterocycles. The summed E-state index contributed by atoms with van der Waals surface area (Å²) in [6.07, 6.45) is 0.361. The fraction of sp³-hybridized carbons (Fsp3) is 0.600. The lowest BCUT2D eigenvalue weighted by Crippen LogP contribution is -2.29. The predicted molar refractivity (Wildman–Crippen MR) is 75.1 cm³/mol. The lowest BCUT2D eigenvalue weighted by Gasteiger charge is -2.20. The van der Waals surface area contributed by atoms with Crippen LogP contribution in [0.3, 0.4) is 0 Å². The fourth-order valence-corrected chi connectivity index (χ4v) is 1.78. The van der Waals surface area contributed by atoms with Crippen LogP contribution in [-0.4, -0.2) is 42.4 Å². The van der Waals surface area contributed by atoms with Crippen molar-refractivity contribution in [2.24, 2.45) is 0 Å². The van der Waals surface area contributed by atoms with E-state index in [1.807, 2.05) is 31.2 Å². The van der Waals surface area contributed by atoms with E-state index in [2.05, 4.69) is 18.7 Å². The van der Waals surface area contributed by atoms with Crippen LogP contribution >= 0.6 is 0 Å². The highest BCUT2D eigenvalue weighted by atomic mass is 16.5. The van der Waals surface area contributed by atoms with E-state index in [0.29, 0.717) is 6.61 Å². The summed E-state index contributed by atoms with van der Waals surface area (Å²) in [5, 5.41) is 9.85. The lowest BCUT2D eigenvalue weighted by molar-refractivity contribution is 0.0889. The average molecular weight is 251 g/mol. The Kier molecular flexibility index (Phi) is 6.76. The van der Waals surface area contributed by atoms with Crippen molar-refractivity contribution in [3.63, 3.8) is 0 Å². The van der Waals surface area contributed by atoms with Crippen molar-refractivity contribution in [1.29, 1.82) is 0 Å². The Labute approximate surface area is 110 Å². The molecule has 0 fully saturated rings. The van der Waals surface area contributed by atoms with Gasteiger partial charge in [-0.05, 0) is 38.6 Å². The molecule has 18 heavy (non-hydrogen) atoms. The fourth-order valence-electron chi connectivity index (χ4n) is 1.78. The Morgan fingerprint density at radius 3 is 2.33 bits per heavy atom. The van der Waals surface area contributed by atoms with Crippen LogP contribution in [0.25, 0.3) is 0 Å². The van der Waals surface area contributed by atoms with Crippen molar-refractivity contribution in [2.75, 3.05) is 26.2 Å². The molecule has 0 radical (unpaired) electrons. The SMILES string of the molecule is CCN(CC)CCC(O)COc1ccc(C)cc1. The van der Waals surface area contributed by atoms with Crippen LogP contribution in [-0.2, 0) is 0 Å². The summed E-state index contributed by atoms with van der Waals surface area (Å²) in [5.74, 6) is 0.822. The zero-order chi connectivity index (χ0) is 13.4. The Morgan fingerprint density at radius 2 is 1.78 bits per heavy atom. The third-order valence-corrected chi connectivity index (χ3v) is 3.14. The van der Waals surface area contributed by atoms with Crippen LogP contribution < -0.4 is 4.74 Å². The minimum absolute atomic E-state index is 0.365. The van der Waals surface area contributed by atoms with Crippen LogP contribution in [0.1, 0.15) is 25.8 Å². The quantitative estimate of drug-likeness (QED) is 0.770. The van der Waals surface area contributed by atoms with Gasteiger partial charge in [-0.25, -0.2) is 0 Å². The van der Waals surface area contributed by atoms with Crippen LogP contribution in [0.4, 0.5) is 0 Å². The third kappa shape index (κ3) is 5.52. The van der Waals surface area contributed by atoms with Gasteiger partial charge in [-0.3, -0.25) is 0 Å². The lowest BCUT2D eigenvalue weighted by atomic mass is 10.2. The number of hydrogen-bond acceptors (Lipinski definition) is 3. The maximum atomic E-state index is 9.85. The summed E-state index contributed by atoms with van der Waals surface area (Å²) in [7, 11) is 0. The Bertz CT molecular complexity index is 320. The van der Waals surface area contributed by atoms with Gasteiger partial charge in [0, 0.05) is 6.54 Å². The summed E-state index contributed by atoms with van der Waals surface area (Å²) in [6, 6.07) is 7.90. The molecular weight excluding hydrogens is 226 g/mol. The number of aliphatic hydroxyl groups is 1. The van der Waals surface area contributed by atoms with E-state index in [0.717, 1.165) is 31.8 Å². The summed E-state index contributed by atoms with van der Waals surface area (Å²) in [6.45, 7) is 9.67. The highest BCUT2D eigenvalue weighted by Gasteiger charge is 2.07. The monoisotopic (exact) mass is 251 g/mol. The molecule has 0 heterocycles. The number of hydrogen-bond donors (Lipinski definition) is 1. The smallest absolute Gasteiger partial charge is 0.119 e. The molecule has 0 aromatic heterocycles. The second kappa shape index (κ2) is 8.11. The second-order valence-electron chi connectivity index (χ2n) is 4.59. The maximum absolute atomic E-state index is 9.85. The van der Waals surface area contributed by atoms with Crippen LogP contribution in [0, 0.1) is 6.92 Å². The highest BCUT2D eigenvalue weighted by Crippen LogP contribution is 2.12. The molecule has 1 unspecified atom stereocenters. The third-order valence-electron chi connectivity index (χ3n) is 3.14. The normalized spacial score (nSPS) is 12.7. The van der Waals surface area contributed by atoms with E-state index in [1.165, 1.54) is 5.56 Å². The van der Waals surface area contributed by atoms with Gasteiger partial charge in [0.15, 0.2) is 0 Å². The summed E-state index contributed by atoms with van der Waals surface area (Å²) in [5.41, 5.74) is 1.21. The summed E-state index contributed by atoms with van der Waals surface area (Å²) >= 11 is 0.